The lowest BCUT2D eigenvalue weighted by atomic mass is 9.84. The third-order valence-corrected chi connectivity index (χ3v) is 5.54. The summed E-state index contributed by atoms with van der Waals surface area (Å²) in [5, 5.41) is 7.74. The van der Waals surface area contributed by atoms with Gasteiger partial charge in [0.05, 0.1) is 12.2 Å². The second-order valence-electron chi connectivity index (χ2n) is 7.03. The number of carbonyl (C=O) groups excluding carboxylic acids is 1. The summed E-state index contributed by atoms with van der Waals surface area (Å²) in [6.45, 7) is 2.41. The number of fused-ring (bicyclic) bond motifs is 1. The Morgan fingerprint density at radius 3 is 2.54 bits per heavy atom. The van der Waals surface area contributed by atoms with E-state index in [1.807, 2.05) is 35.4 Å². The van der Waals surface area contributed by atoms with Gasteiger partial charge in [-0.25, -0.2) is 4.98 Å². The third-order valence-electron chi connectivity index (χ3n) is 5.54. The molecule has 0 aliphatic carbocycles. The Bertz CT molecular complexity index is 951. The number of hydrogen-bond acceptors (Lipinski definition) is 5. The van der Waals surface area contributed by atoms with Crippen LogP contribution < -0.4 is 0 Å². The maximum absolute atomic E-state index is 12.8. The lowest BCUT2D eigenvalue weighted by Gasteiger charge is -2.47. The maximum atomic E-state index is 12.8. The number of nitrogens with zero attached hydrogens (tertiary/aromatic N) is 5. The highest BCUT2D eigenvalue weighted by atomic mass is 16.5. The molecule has 0 N–H and O–H groups in total. The Morgan fingerprint density at radius 1 is 1.08 bits per heavy atom. The first-order chi connectivity index (χ1) is 12.7. The zero-order valence-corrected chi connectivity index (χ0v) is 14.3. The van der Waals surface area contributed by atoms with Crippen LogP contribution in [0.3, 0.4) is 0 Å². The van der Waals surface area contributed by atoms with Gasteiger partial charge in [0.2, 0.25) is 0 Å². The number of benzene rings is 1. The summed E-state index contributed by atoms with van der Waals surface area (Å²) in [5.41, 5.74) is 2.75. The SMILES string of the molecule is O=C(c1ccc(-c2cnc3nncn3c2)cc1)N1CCC2(CCO2)CC1. The molecule has 2 aromatic heterocycles. The summed E-state index contributed by atoms with van der Waals surface area (Å²) in [6.07, 6.45) is 8.35. The van der Waals surface area contributed by atoms with E-state index in [1.165, 1.54) is 0 Å². The van der Waals surface area contributed by atoms with Gasteiger partial charge in [-0.05, 0) is 37.0 Å². The van der Waals surface area contributed by atoms with Crippen LogP contribution in [0, 0.1) is 0 Å². The average molecular weight is 349 g/mol. The molecule has 0 saturated carbocycles. The second kappa shape index (κ2) is 5.88. The molecule has 1 aromatic carbocycles. The highest BCUT2D eigenvalue weighted by Crippen LogP contribution is 2.37. The molecule has 1 amide bonds. The highest BCUT2D eigenvalue weighted by molar-refractivity contribution is 5.94. The molecule has 2 aliphatic rings. The van der Waals surface area contributed by atoms with Gasteiger partial charge in [-0.1, -0.05) is 12.1 Å². The molecule has 4 heterocycles. The summed E-state index contributed by atoms with van der Waals surface area (Å²) >= 11 is 0. The fourth-order valence-electron chi connectivity index (χ4n) is 3.77. The van der Waals surface area contributed by atoms with Crippen molar-refractivity contribution in [3.05, 3.63) is 48.5 Å². The van der Waals surface area contributed by atoms with Gasteiger partial charge >= 0.3 is 0 Å². The van der Waals surface area contributed by atoms with Crippen LogP contribution >= 0.6 is 0 Å². The van der Waals surface area contributed by atoms with Crippen molar-refractivity contribution in [3.63, 3.8) is 0 Å². The van der Waals surface area contributed by atoms with Crippen molar-refractivity contribution in [3.8, 4) is 11.1 Å². The van der Waals surface area contributed by atoms with Gasteiger partial charge in [0, 0.05) is 36.6 Å². The topological polar surface area (TPSA) is 72.6 Å². The summed E-state index contributed by atoms with van der Waals surface area (Å²) in [6, 6.07) is 7.69. The second-order valence-corrected chi connectivity index (χ2v) is 7.03. The van der Waals surface area contributed by atoms with Gasteiger partial charge in [0.25, 0.3) is 11.7 Å². The predicted molar refractivity (Wildman–Crippen MR) is 94.7 cm³/mol. The van der Waals surface area contributed by atoms with Crippen molar-refractivity contribution in [2.24, 2.45) is 0 Å². The fourth-order valence-corrected chi connectivity index (χ4v) is 3.77. The lowest BCUT2D eigenvalue weighted by Crippen LogP contribution is -2.53. The average Bonchev–Trinajstić information content (AvgIpc) is 3.14. The van der Waals surface area contributed by atoms with E-state index < -0.39 is 0 Å². The summed E-state index contributed by atoms with van der Waals surface area (Å²) in [4.78, 5) is 19.0. The third kappa shape index (κ3) is 2.55. The number of amides is 1. The number of hydrogen-bond donors (Lipinski definition) is 0. The first-order valence-electron chi connectivity index (χ1n) is 8.92. The molecule has 2 fully saturated rings. The molecule has 7 heteroatoms. The standard InChI is InChI=1S/C19H19N5O2/c25-17(23-8-5-19(6-9-23)7-10-26-19)15-3-1-14(2-4-15)16-11-20-18-22-21-13-24(18)12-16/h1-4,11-13H,5-10H2. The van der Waals surface area contributed by atoms with Crippen LogP contribution in [0.1, 0.15) is 29.6 Å². The number of ether oxygens (including phenoxy) is 1. The van der Waals surface area contributed by atoms with Crippen LogP contribution in [0.2, 0.25) is 0 Å². The first kappa shape index (κ1) is 15.5. The van der Waals surface area contributed by atoms with E-state index in [4.69, 9.17) is 4.74 Å². The van der Waals surface area contributed by atoms with Crippen molar-refractivity contribution in [2.45, 2.75) is 24.9 Å². The summed E-state index contributed by atoms with van der Waals surface area (Å²) in [5.74, 6) is 0.664. The summed E-state index contributed by atoms with van der Waals surface area (Å²) in [7, 11) is 0. The van der Waals surface area contributed by atoms with E-state index in [0.29, 0.717) is 5.78 Å². The molecule has 3 aromatic rings. The van der Waals surface area contributed by atoms with Crippen LogP contribution in [-0.2, 0) is 4.74 Å². The molecule has 26 heavy (non-hydrogen) atoms. The van der Waals surface area contributed by atoms with Gasteiger partial charge in [-0.2, -0.15) is 0 Å². The zero-order valence-electron chi connectivity index (χ0n) is 14.3. The Labute approximate surface area is 150 Å². The first-order valence-corrected chi connectivity index (χ1v) is 8.92. The van der Waals surface area contributed by atoms with E-state index in [9.17, 15) is 4.79 Å². The predicted octanol–water partition coefficient (Wildman–Crippen LogP) is 2.19. The quantitative estimate of drug-likeness (QED) is 0.709. The Kier molecular flexibility index (Phi) is 3.49. The molecule has 0 bridgehead atoms. The minimum atomic E-state index is 0.0639. The van der Waals surface area contributed by atoms with Crippen molar-refractivity contribution >= 4 is 11.7 Å². The number of aromatic nitrogens is 4. The molecule has 7 nitrogen and oxygen atoms in total. The van der Waals surface area contributed by atoms with Gasteiger partial charge in [-0.3, -0.25) is 9.20 Å². The maximum Gasteiger partial charge on any atom is 0.254 e. The van der Waals surface area contributed by atoms with E-state index in [2.05, 4.69) is 15.2 Å². The van der Waals surface area contributed by atoms with Crippen LogP contribution in [0.15, 0.2) is 43.0 Å². The number of carbonyl (C=O) groups is 1. The molecular formula is C19H19N5O2. The molecule has 0 unspecified atom stereocenters. The van der Waals surface area contributed by atoms with Crippen molar-refractivity contribution < 1.29 is 9.53 Å². The molecular weight excluding hydrogens is 330 g/mol. The Hall–Kier alpha value is -2.80. The molecule has 1 spiro atoms. The Balaban J connectivity index is 1.32. The van der Waals surface area contributed by atoms with E-state index >= 15 is 0 Å². The normalized spacial score (nSPS) is 18.8. The minimum absolute atomic E-state index is 0.0639. The van der Waals surface area contributed by atoms with Crippen molar-refractivity contribution in [1.29, 1.82) is 0 Å². The molecule has 2 saturated heterocycles. The molecule has 0 atom stereocenters. The van der Waals surface area contributed by atoms with Crippen LogP contribution in [0.5, 0.6) is 0 Å². The molecule has 132 valence electrons. The van der Waals surface area contributed by atoms with E-state index in [1.54, 1.807) is 16.9 Å². The molecule has 0 radical (unpaired) electrons. The van der Waals surface area contributed by atoms with Gasteiger partial charge < -0.3 is 9.64 Å². The van der Waals surface area contributed by atoms with E-state index in [0.717, 1.165) is 55.6 Å². The number of likely N-dealkylation sites (tertiary alicyclic amines) is 1. The van der Waals surface area contributed by atoms with Gasteiger partial charge in [0.1, 0.15) is 6.33 Å². The highest BCUT2D eigenvalue weighted by Gasteiger charge is 2.41. The summed E-state index contributed by atoms with van der Waals surface area (Å²) < 4.78 is 7.51. The van der Waals surface area contributed by atoms with Gasteiger partial charge in [0.15, 0.2) is 0 Å². The number of piperidine rings is 1. The fraction of sp³-hybridized carbons (Fsp3) is 0.368. The largest absolute Gasteiger partial charge is 0.375 e. The van der Waals surface area contributed by atoms with Crippen LogP contribution in [0.4, 0.5) is 0 Å². The van der Waals surface area contributed by atoms with Crippen molar-refractivity contribution in [1.82, 2.24) is 24.5 Å². The zero-order chi connectivity index (χ0) is 17.6. The molecule has 5 rings (SSSR count). The van der Waals surface area contributed by atoms with Crippen LogP contribution in [0.25, 0.3) is 16.9 Å². The lowest BCUT2D eigenvalue weighted by molar-refractivity contribution is -0.169. The number of rotatable bonds is 2. The van der Waals surface area contributed by atoms with E-state index in [-0.39, 0.29) is 11.5 Å². The van der Waals surface area contributed by atoms with Crippen LogP contribution in [-0.4, -0.2) is 55.7 Å². The smallest absolute Gasteiger partial charge is 0.254 e. The molecule has 2 aliphatic heterocycles. The van der Waals surface area contributed by atoms with Gasteiger partial charge in [-0.15, -0.1) is 10.2 Å². The monoisotopic (exact) mass is 349 g/mol. The minimum Gasteiger partial charge on any atom is -0.375 e. The Morgan fingerprint density at radius 2 is 1.85 bits per heavy atom. The van der Waals surface area contributed by atoms with Crippen molar-refractivity contribution in [2.75, 3.05) is 19.7 Å².